The largest absolute Gasteiger partial charge is 0.372 e. The van der Waals surface area contributed by atoms with Gasteiger partial charge in [-0.15, -0.1) is 5.10 Å². The molecule has 2 aliphatic rings. The Hall–Kier alpha value is -1.88. The van der Waals surface area contributed by atoms with E-state index in [1.165, 1.54) is 37.1 Å². The van der Waals surface area contributed by atoms with Gasteiger partial charge in [0.1, 0.15) is 5.69 Å². The van der Waals surface area contributed by atoms with Crippen LogP contribution in [0.3, 0.4) is 0 Å². The molecule has 122 valence electrons. The van der Waals surface area contributed by atoms with Crippen molar-refractivity contribution in [2.45, 2.75) is 45.1 Å². The summed E-state index contributed by atoms with van der Waals surface area (Å²) in [7, 11) is 0. The summed E-state index contributed by atoms with van der Waals surface area (Å²) < 4.78 is 1.99. The van der Waals surface area contributed by atoms with Gasteiger partial charge < -0.3 is 10.6 Å². The normalized spacial score (nSPS) is 19.3. The van der Waals surface area contributed by atoms with Crippen molar-refractivity contribution >= 4 is 5.69 Å². The van der Waals surface area contributed by atoms with Gasteiger partial charge in [-0.25, -0.2) is 4.68 Å². The third-order valence-corrected chi connectivity index (χ3v) is 5.18. The number of nitrogens with zero attached hydrogens (tertiary/aromatic N) is 4. The van der Waals surface area contributed by atoms with Crippen LogP contribution in [-0.4, -0.2) is 28.1 Å². The molecule has 0 radical (unpaired) electrons. The standard InChI is InChI=1S/C18H25N5/c1-13-8-10-22(11-9-13)15-4-6-16(7-5-15)23-18(14-2-3-14)17(12-19)20-21-23/h4-7,13-14H,2-3,8-12,19H2,1H3. The summed E-state index contributed by atoms with van der Waals surface area (Å²) in [6.45, 7) is 5.14. The zero-order valence-corrected chi connectivity index (χ0v) is 13.8. The first kappa shape index (κ1) is 14.7. The molecule has 1 aromatic heterocycles. The number of rotatable bonds is 4. The molecule has 0 spiro atoms. The predicted octanol–water partition coefficient (Wildman–Crippen LogP) is 2.84. The van der Waals surface area contributed by atoms with Crippen molar-refractivity contribution in [3.8, 4) is 5.69 Å². The lowest BCUT2D eigenvalue weighted by Crippen LogP contribution is -2.32. The van der Waals surface area contributed by atoms with Gasteiger partial charge in [0, 0.05) is 31.2 Å². The van der Waals surface area contributed by atoms with E-state index in [1.54, 1.807) is 0 Å². The van der Waals surface area contributed by atoms with Crippen LogP contribution in [0.5, 0.6) is 0 Å². The maximum Gasteiger partial charge on any atom is 0.100 e. The predicted molar refractivity (Wildman–Crippen MR) is 91.8 cm³/mol. The Balaban J connectivity index is 1.58. The fourth-order valence-corrected chi connectivity index (χ4v) is 3.49. The number of piperidine rings is 1. The van der Waals surface area contributed by atoms with Crippen LogP contribution in [0.15, 0.2) is 24.3 Å². The van der Waals surface area contributed by atoms with E-state index in [1.807, 2.05) is 4.68 Å². The zero-order chi connectivity index (χ0) is 15.8. The van der Waals surface area contributed by atoms with E-state index in [4.69, 9.17) is 5.73 Å². The highest BCUT2D eigenvalue weighted by atomic mass is 15.4. The average molecular weight is 311 g/mol. The van der Waals surface area contributed by atoms with Crippen molar-refractivity contribution in [1.82, 2.24) is 15.0 Å². The molecule has 0 bridgehead atoms. The second-order valence-corrected chi connectivity index (χ2v) is 7.00. The number of nitrogens with two attached hydrogens (primary N) is 1. The first-order valence-corrected chi connectivity index (χ1v) is 8.76. The lowest BCUT2D eigenvalue weighted by Gasteiger charge is -2.32. The maximum absolute atomic E-state index is 5.82. The Morgan fingerprint density at radius 1 is 1.04 bits per heavy atom. The van der Waals surface area contributed by atoms with Gasteiger partial charge in [0.05, 0.1) is 11.4 Å². The molecule has 2 N–H and O–H groups in total. The highest BCUT2D eigenvalue weighted by Crippen LogP contribution is 2.42. The van der Waals surface area contributed by atoms with Gasteiger partial charge in [-0.2, -0.15) is 0 Å². The third kappa shape index (κ3) is 2.85. The smallest absolute Gasteiger partial charge is 0.100 e. The van der Waals surface area contributed by atoms with Crippen LogP contribution in [0.4, 0.5) is 5.69 Å². The third-order valence-electron chi connectivity index (χ3n) is 5.18. The minimum absolute atomic E-state index is 0.468. The van der Waals surface area contributed by atoms with Gasteiger partial charge in [-0.3, -0.25) is 0 Å². The Bertz CT molecular complexity index is 663. The van der Waals surface area contributed by atoms with E-state index in [2.05, 4.69) is 46.4 Å². The molecule has 4 rings (SSSR count). The van der Waals surface area contributed by atoms with E-state index < -0.39 is 0 Å². The fraction of sp³-hybridized carbons (Fsp3) is 0.556. The van der Waals surface area contributed by atoms with Crippen LogP contribution in [0.2, 0.25) is 0 Å². The number of benzene rings is 1. The zero-order valence-electron chi connectivity index (χ0n) is 13.8. The molecule has 1 saturated heterocycles. The first-order chi connectivity index (χ1) is 11.3. The Labute approximate surface area is 137 Å². The van der Waals surface area contributed by atoms with Crippen LogP contribution in [0.1, 0.15) is 49.9 Å². The molecule has 1 aliphatic heterocycles. The van der Waals surface area contributed by atoms with Crippen molar-refractivity contribution < 1.29 is 0 Å². The van der Waals surface area contributed by atoms with Crippen molar-refractivity contribution in [2.24, 2.45) is 11.7 Å². The Morgan fingerprint density at radius 2 is 1.70 bits per heavy atom. The number of hydrogen-bond donors (Lipinski definition) is 1. The number of hydrogen-bond acceptors (Lipinski definition) is 4. The summed E-state index contributed by atoms with van der Waals surface area (Å²) in [5.74, 6) is 1.45. The quantitative estimate of drug-likeness (QED) is 0.943. The molecule has 2 aromatic rings. The molecule has 1 saturated carbocycles. The molecule has 0 atom stereocenters. The van der Waals surface area contributed by atoms with Crippen LogP contribution < -0.4 is 10.6 Å². The molecular formula is C18H25N5. The molecular weight excluding hydrogens is 286 g/mol. The molecule has 2 heterocycles. The molecule has 1 aliphatic carbocycles. The summed E-state index contributed by atoms with van der Waals surface area (Å²) in [5.41, 5.74) is 10.4. The molecule has 1 aromatic carbocycles. The molecule has 5 nitrogen and oxygen atoms in total. The van der Waals surface area contributed by atoms with Crippen molar-refractivity contribution in [3.05, 3.63) is 35.7 Å². The second-order valence-electron chi connectivity index (χ2n) is 7.00. The molecule has 0 amide bonds. The van der Waals surface area contributed by atoms with Crippen LogP contribution >= 0.6 is 0 Å². The lowest BCUT2D eigenvalue weighted by molar-refractivity contribution is 0.438. The van der Waals surface area contributed by atoms with Crippen molar-refractivity contribution in [1.29, 1.82) is 0 Å². The maximum atomic E-state index is 5.82. The molecule has 23 heavy (non-hydrogen) atoms. The first-order valence-electron chi connectivity index (χ1n) is 8.76. The minimum atomic E-state index is 0.468. The summed E-state index contributed by atoms with van der Waals surface area (Å²) in [6.07, 6.45) is 5.03. The SMILES string of the molecule is CC1CCN(c2ccc(-n3nnc(CN)c3C3CC3)cc2)CC1. The van der Waals surface area contributed by atoms with Crippen LogP contribution in [0, 0.1) is 5.92 Å². The fourth-order valence-electron chi connectivity index (χ4n) is 3.49. The average Bonchev–Trinajstić information content (AvgIpc) is 3.34. The van der Waals surface area contributed by atoms with Crippen LogP contribution in [-0.2, 0) is 6.54 Å². The van der Waals surface area contributed by atoms with E-state index in [9.17, 15) is 0 Å². The number of aromatic nitrogens is 3. The second kappa shape index (κ2) is 5.96. The summed E-state index contributed by atoms with van der Waals surface area (Å²) in [4.78, 5) is 2.48. The van der Waals surface area contributed by atoms with Gasteiger partial charge in [0.2, 0.25) is 0 Å². The topological polar surface area (TPSA) is 60.0 Å². The van der Waals surface area contributed by atoms with E-state index >= 15 is 0 Å². The number of anilines is 1. The van der Waals surface area contributed by atoms with Crippen molar-refractivity contribution in [2.75, 3.05) is 18.0 Å². The van der Waals surface area contributed by atoms with Gasteiger partial charge in [0.25, 0.3) is 0 Å². The molecule has 5 heteroatoms. The lowest BCUT2D eigenvalue weighted by atomic mass is 9.99. The summed E-state index contributed by atoms with van der Waals surface area (Å²) >= 11 is 0. The van der Waals surface area contributed by atoms with E-state index in [0.717, 1.165) is 30.4 Å². The van der Waals surface area contributed by atoms with Gasteiger partial charge in [-0.05, 0) is 55.9 Å². The summed E-state index contributed by atoms with van der Waals surface area (Å²) in [6, 6.07) is 8.75. The van der Waals surface area contributed by atoms with E-state index in [-0.39, 0.29) is 0 Å². The van der Waals surface area contributed by atoms with E-state index in [0.29, 0.717) is 12.5 Å². The highest BCUT2D eigenvalue weighted by molar-refractivity contribution is 5.51. The summed E-state index contributed by atoms with van der Waals surface area (Å²) in [5, 5.41) is 8.61. The van der Waals surface area contributed by atoms with Gasteiger partial charge in [0.15, 0.2) is 0 Å². The van der Waals surface area contributed by atoms with Crippen LogP contribution in [0.25, 0.3) is 5.69 Å². The molecule has 2 fully saturated rings. The van der Waals surface area contributed by atoms with Gasteiger partial charge >= 0.3 is 0 Å². The van der Waals surface area contributed by atoms with Gasteiger partial charge in [-0.1, -0.05) is 12.1 Å². The minimum Gasteiger partial charge on any atom is -0.372 e. The monoisotopic (exact) mass is 311 g/mol. The Kier molecular flexibility index (Phi) is 3.81. The Morgan fingerprint density at radius 3 is 2.30 bits per heavy atom. The van der Waals surface area contributed by atoms with Crippen molar-refractivity contribution in [3.63, 3.8) is 0 Å². The highest BCUT2D eigenvalue weighted by Gasteiger charge is 2.31. The molecule has 0 unspecified atom stereocenters.